The van der Waals surface area contributed by atoms with Crippen molar-refractivity contribution in [2.24, 2.45) is 0 Å². The monoisotopic (exact) mass is 249 g/mol. The van der Waals surface area contributed by atoms with Crippen LogP contribution in [0.4, 0.5) is 4.39 Å². The molecule has 4 nitrogen and oxygen atoms in total. The van der Waals surface area contributed by atoms with Crippen LogP contribution >= 0.6 is 0 Å². The van der Waals surface area contributed by atoms with Crippen LogP contribution in [-0.2, 0) is 6.42 Å². The summed E-state index contributed by atoms with van der Waals surface area (Å²) >= 11 is 0. The Labute approximate surface area is 105 Å². The molecule has 0 radical (unpaired) electrons. The molecular weight excluding hydrogens is 233 g/mol. The van der Waals surface area contributed by atoms with Gasteiger partial charge in [-0.05, 0) is 25.1 Å². The van der Waals surface area contributed by atoms with Gasteiger partial charge in [0.2, 0.25) is 5.89 Å². The molecule has 0 aliphatic carbocycles. The molecule has 1 N–H and O–H groups in total. The predicted molar refractivity (Wildman–Crippen MR) is 65.6 cm³/mol. The molecule has 0 saturated carbocycles. The van der Waals surface area contributed by atoms with E-state index in [0.717, 1.165) is 6.42 Å². The summed E-state index contributed by atoms with van der Waals surface area (Å²) in [6, 6.07) is 6.66. The molecule has 2 rings (SSSR count). The van der Waals surface area contributed by atoms with Gasteiger partial charge in [0.15, 0.2) is 5.82 Å². The quantitative estimate of drug-likeness (QED) is 0.884. The van der Waals surface area contributed by atoms with E-state index in [9.17, 15) is 4.39 Å². The topological polar surface area (TPSA) is 51.0 Å². The molecule has 1 atom stereocenters. The van der Waals surface area contributed by atoms with Crippen molar-refractivity contribution in [2.45, 2.75) is 25.8 Å². The number of nitrogens with zero attached hydrogens (tertiary/aromatic N) is 2. The Balaban J connectivity index is 2.14. The van der Waals surface area contributed by atoms with E-state index in [1.54, 1.807) is 18.2 Å². The van der Waals surface area contributed by atoms with Crippen molar-refractivity contribution in [3.63, 3.8) is 0 Å². The van der Waals surface area contributed by atoms with Crippen molar-refractivity contribution in [3.8, 4) is 0 Å². The van der Waals surface area contributed by atoms with Gasteiger partial charge in [0.25, 0.3) is 0 Å². The van der Waals surface area contributed by atoms with Gasteiger partial charge in [-0.1, -0.05) is 30.3 Å². The van der Waals surface area contributed by atoms with Crippen molar-refractivity contribution in [3.05, 3.63) is 47.4 Å². The second kappa shape index (κ2) is 5.73. The van der Waals surface area contributed by atoms with Crippen molar-refractivity contribution >= 4 is 0 Å². The smallest absolute Gasteiger partial charge is 0.243 e. The molecule has 1 heterocycles. The van der Waals surface area contributed by atoms with Gasteiger partial charge >= 0.3 is 0 Å². The summed E-state index contributed by atoms with van der Waals surface area (Å²) in [5.74, 6) is 0.805. The Kier molecular flexibility index (Phi) is 4.04. The van der Waals surface area contributed by atoms with E-state index >= 15 is 0 Å². The Morgan fingerprint density at radius 3 is 2.83 bits per heavy atom. The number of aromatic nitrogens is 2. The molecule has 96 valence electrons. The predicted octanol–water partition coefficient (Wildman–Crippen LogP) is 2.47. The second-order valence-corrected chi connectivity index (χ2v) is 4.07. The summed E-state index contributed by atoms with van der Waals surface area (Å²) in [5.41, 5.74) is 0.572. The van der Waals surface area contributed by atoms with Crippen LogP contribution in [0.3, 0.4) is 0 Å². The minimum Gasteiger partial charge on any atom is -0.338 e. The molecule has 0 fully saturated rings. The van der Waals surface area contributed by atoms with E-state index < -0.39 is 0 Å². The van der Waals surface area contributed by atoms with Crippen LogP contribution in [0, 0.1) is 5.82 Å². The highest BCUT2D eigenvalue weighted by Gasteiger charge is 2.15. The van der Waals surface area contributed by atoms with Crippen LogP contribution in [-0.4, -0.2) is 17.2 Å². The molecule has 0 spiro atoms. The van der Waals surface area contributed by atoms with Gasteiger partial charge in [-0.25, -0.2) is 4.39 Å². The fraction of sp³-hybridized carbons (Fsp3) is 0.385. The Morgan fingerprint density at radius 2 is 2.17 bits per heavy atom. The van der Waals surface area contributed by atoms with Crippen LogP contribution in [0.1, 0.15) is 36.7 Å². The van der Waals surface area contributed by atoms with Gasteiger partial charge in [0, 0.05) is 6.42 Å². The third-order valence-electron chi connectivity index (χ3n) is 2.85. The molecule has 0 saturated heterocycles. The van der Waals surface area contributed by atoms with Crippen LogP contribution in [0.2, 0.25) is 0 Å². The van der Waals surface area contributed by atoms with E-state index in [0.29, 0.717) is 23.7 Å². The Bertz CT molecular complexity index is 508. The fourth-order valence-corrected chi connectivity index (χ4v) is 1.80. The van der Waals surface area contributed by atoms with E-state index in [1.807, 2.05) is 14.0 Å². The lowest BCUT2D eigenvalue weighted by Gasteiger charge is -2.06. The minimum absolute atomic E-state index is 0.0480. The number of benzene rings is 1. The molecule has 0 aliphatic heterocycles. The first-order valence-corrected chi connectivity index (χ1v) is 5.97. The second-order valence-electron chi connectivity index (χ2n) is 4.07. The highest BCUT2D eigenvalue weighted by atomic mass is 19.1. The van der Waals surface area contributed by atoms with E-state index in [2.05, 4.69) is 15.5 Å². The Morgan fingerprint density at radius 1 is 1.39 bits per heavy atom. The van der Waals surface area contributed by atoms with E-state index in [1.165, 1.54) is 6.07 Å². The number of nitrogens with one attached hydrogen (secondary N) is 1. The SMILES string of the molecule is CCC(NC)c1nc(Cc2ccccc2F)no1. The first kappa shape index (κ1) is 12.7. The number of rotatable bonds is 5. The first-order chi connectivity index (χ1) is 8.74. The highest BCUT2D eigenvalue weighted by molar-refractivity contribution is 5.20. The maximum atomic E-state index is 13.5. The molecule has 0 amide bonds. The zero-order chi connectivity index (χ0) is 13.0. The van der Waals surface area contributed by atoms with E-state index in [-0.39, 0.29) is 11.9 Å². The van der Waals surface area contributed by atoms with Crippen LogP contribution in [0.5, 0.6) is 0 Å². The fourth-order valence-electron chi connectivity index (χ4n) is 1.80. The van der Waals surface area contributed by atoms with Crippen LogP contribution < -0.4 is 5.32 Å². The molecular formula is C13H16FN3O. The molecule has 5 heteroatoms. The third kappa shape index (κ3) is 2.73. The van der Waals surface area contributed by atoms with Crippen LogP contribution in [0.15, 0.2) is 28.8 Å². The highest BCUT2D eigenvalue weighted by Crippen LogP contribution is 2.16. The first-order valence-electron chi connectivity index (χ1n) is 5.97. The number of hydrogen-bond acceptors (Lipinski definition) is 4. The summed E-state index contributed by atoms with van der Waals surface area (Å²) in [6.45, 7) is 2.03. The van der Waals surface area contributed by atoms with Crippen molar-refractivity contribution in [1.82, 2.24) is 15.5 Å². The summed E-state index contributed by atoms with van der Waals surface area (Å²) in [7, 11) is 1.84. The Hall–Kier alpha value is -1.75. The van der Waals surface area contributed by atoms with Gasteiger partial charge < -0.3 is 9.84 Å². The number of halogens is 1. The largest absolute Gasteiger partial charge is 0.338 e. The van der Waals surface area contributed by atoms with Gasteiger partial charge in [-0.3, -0.25) is 0 Å². The normalized spacial score (nSPS) is 12.6. The van der Waals surface area contributed by atoms with Crippen molar-refractivity contribution < 1.29 is 8.91 Å². The molecule has 0 aliphatic rings. The number of hydrogen-bond donors (Lipinski definition) is 1. The average molecular weight is 249 g/mol. The molecule has 1 aromatic carbocycles. The lowest BCUT2D eigenvalue weighted by molar-refractivity contribution is 0.331. The molecule has 2 aromatic rings. The van der Waals surface area contributed by atoms with Crippen molar-refractivity contribution in [2.75, 3.05) is 7.05 Å². The summed E-state index contributed by atoms with van der Waals surface area (Å²) in [6.07, 6.45) is 1.20. The van der Waals surface area contributed by atoms with Crippen LogP contribution in [0.25, 0.3) is 0 Å². The maximum absolute atomic E-state index is 13.5. The molecule has 1 unspecified atom stereocenters. The summed E-state index contributed by atoms with van der Waals surface area (Å²) in [4.78, 5) is 4.28. The lowest BCUT2D eigenvalue weighted by atomic mass is 10.1. The third-order valence-corrected chi connectivity index (χ3v) is 2.85. The van der Waals surface area contributed by atoms with E-state index in [4.69, 9.17) is 4.52 Å². The lowest BCUT2D eigenvalue weighted by Crippen LogP contribution is -2.15. The van der Waals surface area contributed by atoms with Gasteiger partial charge in [-0.2, -0.15) is 4.98 Å². The standard InChI is InChI=1S/C13H16FN3O/c1-3-11(15-2)13-16-12(17-18-13)8-9-6-4-5-7-10(9)14/h4-7,11,15H,3,8H2,1-2H3. The van der Waals surface area contributed by atoms with Gasteiger partial charge in [0.05, 0.1) is 6.04 Å². The summed E-state index contributed by atoms with van der Waals surface area (Å²) in [5, 5.41) is 6.96. The zero-order valence-electron chi connectivity index (χ0n) is 10.5. The van der Waals surface area contributed by atoms with Gasteiger partial charge in [-0.15, -0.1) is 0 Å². The minimum atomic E-state index is -0.246. The molecule has 1 aromatic heterocycles. The molecule has 18 heavy (non-hydrogen) atoms. The average Bonchev–Trinajstić information content (AvgIpc) is 2.82. The molecule has 0 bridgehead atoms. The van der Waals surface area contributed by atoms with Crippen molar-refractivity contribution in [1.29, 1.82) is 0 Å². The van der Waals surface area contributed by atoms with Gasteiger partial charge in [0.1, 0.15) is 5.82 Å². The maximum Gasteiger partial charge on any atom is 0.243 e. The summed E-state index contributed by atoms with van der Waals surface area (Å²) < 4.78 is 18.6. The zero-order valence-corrected chi connectivity index (χ0v) is 10.5.